The molecule has 1 aliphatic heterocycles. The number of anilines is 2. The molecular formula is C14H20N2O4S. The number of sulfonamides is 1. The number of benzene rings is 1. The number of amides is 1. The van der Waals surface area contributed by atoms with Crippen LogP contribution in [-0.4, -0.2) is 33.9 Å². The topological polar surface area (TPSA) is 75.7 Å². The third-order valence-electron chi connectivity index (χ3n) is 3.39. The van der Waals surface area contributed by atoms with Crippen LogP contribution in [0.1, 0.15) is 25.3 Å². The third kappa shape index (κ3) is 3.47. The monoisotopic (exact) mass is 312 g/mol. The van der Waals surface area contributed by atoms with Crippen molar-refractivity contribution in [3.05, 3.63) is 23.8 Å². The smallest absolute Gasteiger partial charge is 0.411 e. The van der Waals surface area contributed by atoms with Crippen LogP contribution in [0.3, 0.4) is 0 Å². The average Bonchev–Trinajstić information content (AvgIpc) is 2.46. The summed E-state index contributed by atoms with van der Waals surface area (Å²) in [6, 6.07) is 5.24. The van der Waals surface area contributed by atoms with Gasteiger partial charge in [-0.05, 0) is 43.0 Å². The van der Waals surface area contributed by atoms with Crippen LogP contribution in [0.4, 0.5) is 16.2 Å². The van der Waals surface area contributed by atoms with Crippen LogP contribution in [-0.2, 0) is 21.2 Å². The van der Waals surface area contributed by atoms with Crippen LogP contribution in [0, 0.1) is 0 Å². The molecule has 7 heteroatoms. The van der Waals surface area contributed by atoms with E-state index >= 15 is 0 Å². The number of ether oxygens (including phenoxy) is 1. The van der Waals surface area contributed by atoms with E-state index in [1.807, 2.05) is 6.92 Å². The fourth-order valence-corrected chi connectivity index (χ4v) is 4.09. The first-order valence-corrected chi connectivity index (χ1v) is 8.57. The summed E-state index contributed by atoms with van der Waals surface area (Å²) in [5.74, 6) is 0.147. The normalized spacial score (nSPS) is 14.5. The zero-order valence-electron chi connectivity index (χ0n) is 12.3. The number of fused-ring (bicyclic) bond motifs is 1. The van der Waals surface area contributed by atoms with Crippen LogP contribution in [0.5, 0.6) is 0 Å². The number of carbonyl (C=O) groups excluding carboxylic acids is 1. The number of hydrogen-bond acceptors (Lipinski definition) is 4. The lowest BCUT2D eigenvalue weighted by molar-refractivity contribution is 0.187. The lowest BCUT2D eigenvalue weighted by atomic mass is 10.0. The van der Waals surface area contributed by atoms with E-state index in [4.69, 9.17) is 0 Å². The number of rotatable bonds is 4. The maximum absolute atomic E-state index is 12.3. The standard InChI is InChI=1S/C14H20N2O4S/c1-3-9-21(18,19)16-8-4-5-11-10-12(6-7-13(11)16)15-14(17)20-2/h6-7,10H,3-5,8-9H2,1-2H3,(H,15,17). The molecule has 0 saturated heterocycles. The molecule has 1 aliphatic rings. The Morgan fingerprint density at radius 3 is 2.86 bits per heavy atom. The number of carbonyl (C=O) groups is 1. The van der Waals surface area contributed by atoms with Gasteiger partial charge in [0.05, 0.1) is 18.6 Å². The molecule has 0 radical (unpaired) electrons. The van der Waals surface area contributed by atoms with Gasteiger partial charge in [0.2, 0.25) is 10.0 Å². The van der Waals surface area contributed by atoms with Gasteiger partial charge < -0.3 is 4.74 Å². The Kier molecular flexibility index (Phi) is 4.72. The van der Waals surface area contributed by atoms with Gasteiger partial charge in [0.15, 0.2) is 0 Å². The molecule has 0 atom stereocenters. The third-order valence-corrected chi connectivity index (χ3v) is 5.36. The summed E-state index contributed by atoms with van der Waals surface area (Å²) < 4.78 is 30.6. The number of nitrogens with zero attached hydrogens (tertiary/aromatic N) is 1. The Balaban J connectivity index is 2.30. The van der Waals surface area contributed by atoms with Gasteiger partial charge in [-0.2, -0.15) is 0 Å². The minimum atomic E-state index is -3.27. The highest BCUT2D eigenvalue weighted by Crippen LogP contribution is 2.31. The maximum atomic E-state index is 12.3. The van der Waals surface area contributed by atoms with Crippen molar-refractivity contribution in [2.24, 2.45) is 0 Å². The second-order valence-corrected chi connectivity index (χ2v) is 6.96. The molecule has 1 aromatic carbocycles. The molecule has 116 valence electrons. The minimum Gasteiger partial charge on any atom is -0.453 e. The summed E-state index contributed by atoms with van der Waals surface area (Å²) in [5, 5.41) is 2.59. The number of methoxy groups -OCH3 is 1. The van der Waals surface area contributed by atoms with E-state index in [0.29, 0.717) is 24.3 Å². The molecule has 1 amide bonds. The van der Waals surface area contributed by atoms with E-state index in [-0.39, 0.29) is 5.75 Å². The van der Waals surface area contributed by atoms with Gasteiger partial charge in [0.1, 0.15) is 0 Å². The molecule has 6 nitrogen and oxygen atoms in total. The molecule has 0 spiro atoms. The lowest BCUT2D eigenvalue weighted by Gasteiger charge is -2.30. The fraction of sp³-hybridized carbons (Fsp3) is 0.500. The molecule has 0 saturated carbocycles. The van der Waals surface area contributed by atoms with Crippen molar-refractivity contribution < 1.29 is 17.9 Å². The molecule has 1 aromatic rings. The highest BCUT2D eigenvalue weighted by molar-refractivity contribution is 7.92. The molecule has 1 N–H and O–H groups in total. The van der Waals surface area contributed by atoms with E-state index < -0.39 is 16.1 Å². The molecule has 1 heterocycles. The summed E-state index contributed by atoms with van der Waals surface area (Å²) in [5.41, 5.74) is 2.25. The molecule has 0 unspecified atom stereocenters. The van der Waals surface area contributed by atoms with E-state index in [0.717, 1.165) is 18.4 Å². The highest BCUT2D eigenvalue weighted by atomic mass is 32.2. The number of nitrogens with one attached hydrogen (secondary N) is 1. The summed E-state index contributed by atoms with van der Waals surface area (Å²) in [6.45, 7) is 2.37. The van der Waals surface area contributed by atoms with Crippen molar-refractivity contribution in [2.45, 2.75) is 26.2 Å². The van der Waals surface area contributed by atoms with Gasteiger partial charge in [-0.3, -0.25) is 9.62 Å². The number of aryl methyl sites for hydroxylation is 1. The predicted molar refractivity (Wildman–Crippen MR) is 82.2 cm³/mol. The van der Waals surface area contributed by atoms with Crippen molar-refractivity contribution in [3.63, 3.8) is 0 Å². The Morgan fingerprint density at radius 1 is 1.43 bits per heavy atom. The van der Waals surface area contributed by atoms with Gasteiger partial charge in [-0.15, -0.1) is 0 Å². The second-order valence-electron chi connectivity index (χ2n) is 4.95. The summed E-state index contributed by atoms with van der Waals surface area (Å²) >= 11 is 0. The summed E-state index contributed by atoms with van der Waals surface area (Å²) in [4.78, 5) is 11.2. The van der Waals surface area contributed by atoms with Crippen LogP contribution < -0.4 is 9.62 Å². The van der Waals surface area contributed by atoms with Crippen molar-refractivity contribution in [3.8, 4) is 0 Å². The fourth-order valence-electron chi connectivity index (χ4n) is 2.47. The molecule has 0 aliphatic carbocycles. The van der Waals surface area contributed by atoms with Gasteiger partial charge in [-0.1, -0.05) is 6.92 Å². The second kappa shape index (κ2) is 6.34. The summed E-state index contributed by atoms with van der Waals surface area (Å²) in [6.07, 6.45) is 1.62. The first-order chi connectivity index (χ1) is 9.97. The van der Waals surface area contributed by atoms with E-state index in [1.54, 1.807) is 18.2 Å². The SMILES string of the molecule is CCCS(=O)(=O)N1CCCc2cc(NC(=O)OC)ccc21. The van der Waals surface area contributed by atoms with Gasteiger partial charge in [0, 0.05) is 12.2 Å². The zero-order valence-corrected chi connectivity index (χ0v) is 13.1. The predicted octanol–water partition coefficient (Wildman–Crippen LogP) is 2.36. The quantitative estimate of drug-likeness (QED) is 0.926. The Labute approximate surface area is 125 Å². The van der Waals surface area contributed by atoms with Gasteiger partial charge in [0.25, 0.3) is 0 Å². The summed E-state index contributed by atoms with van der Waals surface area (Å²) in [7, 11) is -1.97. The van der Waals surface area contributed by atoms with Crippen LogP contribution in [0.2, 0.25) is 0 Å². The van der Waals surface area contributed by atoms with E-state index in [1.165, 1.54) is 11.4 Å². The molecule has 2 rings (SSSR count). The van der Waals surface area contributed by atoms with Crippen molar-refractivity contribution in [2.75, 3.05) is 29.0 Å². The highest BCUT2D eigenvalue weighted by Gasteiger charge is 2.26. The average molecular weight is 312 g/mol. The van der Waals surface area contributed by atoms with Crippen LogP contribution in [0.25, 0.3) is 0 Å². The van der Waals surface area contributed by atoms with Gasteiger partial charge >= 0.3 is 6.09 Å². The Morgan fingerprint density at radius 2 is 2.19 bits per heavy atom. The minimum absolute atomic E-state index is 0.147. The van der Waals surface area contributed by atoms with Crippen LogP contribution >= 0.6 is 0 Å². The first-order valence-electron chi connectivity index (χ1n) is 6.96. The van der Waals surface area contributed by atoms with Gasteiger partial charge in [-0.25, -0.2) is 13.2 Å². The van der Waals surface area contributed by atoms with Crippen molar-refractivity contribution in [1.82, 2.24) is 0 Å². The molecule has 0 bridgehead atoms. The van der Waals surface area contributed by atoms with E-state index in [9.17, 15) is 13.2 Å². The van der Waals surface area contributed by atoms with E-state index in [2.05, 4.69) is 10.1 Å². The Hall–Kier alpha value is -1.76. The first kappa shape index (κ1) is 15.6. The molecule has 0 aromatic heterocycles. The molecule has 0 fully saturated rings. The maximum Gasteiger partial charge on any atom is 0.411 e. The van der Waals surface area contributed by atoms with Crippen LogP contribution in [0.15, 0.2) is 18.2 Å². The largest absolute Gasteiger partial charge is 0.453 e. The van der Waals surface area contributed by atoms with Crippen molar-refractivity contribution in [1.29, 1.82) is 0 Å². The van der Waals surface area contributed by atoms with Crippen molar-refractivity contribution >= 4 is 27.5 Å². The zero-order chi connectivity index (χ0) is 15.5. The molecule has 21 heavy (non-hydrogen) atoms. The molecular weight excluding hydrogens is 292 g/mol. The lowest BCUT2D eigenvalue weighted by Crippen LogP contribution is -2.37. The number of hydrogen-bond donors (Lipinski definition) is 1. The Bertz CT molecular complexity index is 628.